The van der Waals surface area contributed by atoms with Gasteiger partial charge in [-0.3, -0.25) is 4.90 Å². The van der Waals surface area contributed by atoms with Crippen LogP contribution in [0.1, 0.15) is 34.7 Å². The predicted molar refractivity (Wildman–Crippen MR) is 104 cm³/mol. The standard InChI is InChI=1S/C22H28F2N2O/c1-16-12-19(20(14-21(23)24)26-10-8-25-9-11-26)13-17(2)22(16)27-15-18-6-4-3-5-7-18/h3-7,12-13,20-21,25H,8-11,14-15H2,1-2H3/t20-/m1/s1. The Kier molecular flexibility index (Phi) is 6.80. The summed E-state index contributed by atoms with van der Waals surface area (Å²) in [6.07, 6.45) is -2.46. The fourth-order valence-corrected chi connectivity index (χ4v) is 3.79. The first-order valence-corrected chi connectivity index (χ1v) is 9.55. The first-order valence-electron chi connectivity index (χ1n) is 9.55. The summed E-state index contributed by atoms with van der Waals surface area (Å²) < 4.78 is 32.5. The van der Waals surface area contributed by atoms with Crippen LogP contribution in [0.5, 0.6) is 5.75 Å². The van der Waals surface area contributed by atoms with Gasteiger partial charge in [0.15, 0.2) is 0 Å². The van der Waals surface area contributed by atoms with Gasteiger partial charge in [-0.1, -0.05) is 42.5 Å². The summed E-state index contributed by atoms with van der Waals surface area (Å²) in [6, 6.07) is 13.8. The molecule has 27 heavy (non-hydrogen) atoms. The highest BCUT2D eigenvalue weighted by Crippen LogP contribution is 2.33. The molecular formula is C22H28F2N2O. The van der Waals surface area contributed by atoms with Crippen molar-refractivity contribution in [2.75, 3.05) is 26.2 Å². The minimum Gasteiger partial charge on any atom is -0.488 e. The molecule has 0 radical (unpaired) electrons. The highest BCUT2D eigenvalue weighted by molar-refractivity contribution is 5.44. The Balaban J connectivity index is 1.80. The van der Waals surface area contributed by atoms with Gasteiger partial charge in [-0.15, -0.1) is 0 Å². The van der Waals surface area contributed by atoms with E-state index in [1.165, 1.54) is 0 Å². The number of alkyl halides is 2. The van der Waals surface area contributed by atoms with E-state index in [2.05, 4.69) is 10.2 Å². The van der Waals surface area contributed by atoms with Crippen molar-refractivity contribution in [2.45, 2.75) is 39.3 Å². The first-order chi connectivity index (χ1) is 13.0. The molecule has 3 nitrogen and oxygen atoms in total. The van der Waals surface area contributed by atoms with Crippen molar-refractivity contribution in [1.82, 2.24) is 10.2 Å². The second kappa shape index (κ2) is 9.29. The van der Waals surface area contributed by atoms with Crippen LogP contribution < -0.4 is 10.1 Å². The van der Waals surface area contributed by atoms with E-state index in [-0.39, 0.29) is 12.5 Å². The maximum Gasteiger partial charge on any atom is 0.240 e. The van der Waals surface area contributed by atoms with E-state index >= 15 is 0 Å². The molecule has 0 saturated carbocycles. The Hall–Kier alpha value is -1.98. The molecule has 2 aromatic rings. The molecule has 0 spiro atoms. The van der Waals surface area contributed by atoms with Crippen molar-refractivity contribution in [3.8, 4) is 5.75 Å². The van der Waals surface area contributed by atoms with Gasteiger partial charge in [0.25, 0.3) is 0 Å². The van der Waals surface area contributed by atoms with Crippen molar-refractivity contribution >= 4 is 0 Å². The van der Waals surface area contributed by atoms with Crippen molar-refractivity contribution in [2.24, 2.45) is 0 Å². The monoisotopic (exact) mass is 374 g/mol. The van der Waals surface area contributed by atoms with E-state index in [0.717, 1.165) is 54.2 Å². The maximum absolute atomic E-state index is 13.2. The van der Waals surface area contributed by atoms with Gasteiger partial charge in [0, 0.05) is 38.6 Å². The lowest BCUT2D eigenvalue weighted by molar-refractivity contribution is 0.0738. The summed E-state index contributed by atoms with van der Waals surface area (Å²) in [5, 5.41) is 3.29. The van der Waals surface area contributed by atoms with E-state index in [9.17, 15) is 8.78 Å². The molecule has 1 fully saturated rings. The molecule has 0 aromatic heterocycles. The molecule has 0 aliphatic carbocycles. The van der Waals surface area contributed by atoms with Crippen molar-refractivity contribution in [3.63, 3.8) is 0 Å². The van der Waals surface area contributed by atoms with Gasteiger partial charge in [0.05, 0.1) is 0 Å². The lowest BCUT2D eigenvalue weighted by Gasteiger charge is -2.35. The van der Waals surface area contributed by atoms with E-state index in [1.807, 2.05) is 56.3 Å². The van der Waals surface area contributed by atoms with Crippen LogP contribution in [-0.2, 0) is 6.61 Å². The van der Waals surface area contributed by atoms with Crippen LogP contribution in [0.15, 0.2) is 42.5 Å². The Morgan fingerprint density at radius 1 is 1.04 bits per heavy atom. The van der Waals surface area contributed by atoms with Crippen molar-refractivity contribution < 1.29 is 13.5 Å². The second-order valence-electron chi connectivity index (χ2n) is 7.19. The van der Waals surface area contributed by atoms with Crippen LogP contribution in [-0.4, -0.2) is 37.5 Å². The second-order valence-corrected chi connectivity index (χ2v) is 7.19. The lowest BCUT2D eigenvalue weighted by Crippen LogP contribution is -2.45. The summed E-state index contributed by atoms with van der Waals surface area (Å²) in [7, 11) is 0. The first kappa shape index (κ1) is 19.8. The minimum atomic E-state index is -2.32. The van der Waals surface area contributed by atoms with E-state index in [0.29, 0.717) is 6.61 Å². The molecule has 3 rings (SSSR count). The van der Waals surface area contributed by atoms with Crippen LogP contribution in [0.2, 0.25) is 0 Å². The summed E-state index contributed by atoms with van der Waals surface area (Å²) in [5.74, 6) is 0.846. The highest BCUT2D eigenvalue weighted by Gasteiger charge is 2.26. The number of nitrogens with zero attached hydrogens (tertiary/aromatic N) is 1. The van der Waals surface area contributed by atoms with Crippen molar-refractivity contribution in [3.05, 3.63) is 64.7 Å². The fourth-order valence-electron chi connectivity index (χ4n) is 3.79. The molecule has 0 amide bonds. The Morgan fingerprint density at radius 2 is 1.67 bits per heavy atom. The zero-order chi connectivity index (χ0) is 19.2. The largest absolute Gasteiger partial charge is 0.488 e. The molecule has 5 heteroatoms. The SMILES string of the molecule is Cc1cc([C@@H](CC(F)F)N2CCNCC2)cc(C)c1OCc1ccccc1. The molecule has 1 aliphatic heterocycles. The maximum atomic E-state index is 13.2. The van der Waals surface area contributed by atoms with Crippen LogP contribution in [0.25, 0.3) is 0 Å². The van der Waals surface area contributed by atoms with Gasteiger partial charge >= 0.3 is 0 Å². The third-order valence-corrected chi connectivity index (χ3v) is 5.09. The molecule has 0 bridgehead atoms. The van der Waals surface area contributed by atoms with Crippen LogP contribution in [0, 0.1) is 13.8 Å². The minimum absolute atomic E-state index is 0.136. The smallest absolute Gasteiger partial charge is 0.240 e. The summed E-state index contributed by atoms with van der Waals surface area (Å²) in [4.78, 5) is 2.17. The number of ether oxygens (including phenoxy) is 1. The summed E-state index contributed by atoms with van der Waals surface area (Å²) >= 11 is 0. The van der Waals surface area contributed by atoms with E-state index < -0.39 is 6.43 Å². The average Bonchev–Trinajstić information content (AvgIpc) is 2.66. The average molecular weight is 374 g/mol. The van der Waals surface area contributed by atoms with Gasteiger partial charge in [-0.25, -0.2) is 8.78 Å². The number of hydrogen-bond acceptors (Lipinski definition) is 3. The third-order valence-electron chi connectivity index (χ3n) is 5.09. The third kappa shape index (κ3) is 5.27. The Morgan fingerprint density at radius 3 is 2.26 bits per heavy atom. The van der Waals surface area contributed by atoms with E-state index in [4.69, 9.17) is 4.74 Å². The number of piperazine rings is 1. The number of aryl methyl sites for hydroxylation is 2. The number of rotatable bonds is 7. The zero-order valence-electron chi connectivity index (χ0n) is 16.1. The Bertz CT molecular complexity index is 707. The quantitative estimate of drug-likeness (QED) is 0.773. The zero-order valence-corrected chi connectivity index (χ0v) is 16.1. The number of halogens is 2. The molecule has 1 saturated heterocycles. The topological polar surface area (TPSA) is 24.5 Å². The molecule has 2 aromatic carbocycles. The van der Waals surface area contributed by atoms with Gasteiger partial charge in [-0.05, 0) is 36.1 Å². The fraction of sp³-hybridized carbons (Fsp3) is 0.455. The number of nitrogens with one attached hydrogen (secondary N) is 1. The predicted octanol–water partition coefficient (Wildman–Crippen LogP) is 4.48. The lowest BCUT2D eigenvalue weighted by atomic mass is 9.96. The van der Waals surface area contributed by atoms with Gasteiger partial charge in [0.1, 0.15) is 12.4 Å². The van der Waals surface area contributed by atoms with Gasteiger partial charge in [0.2, 0.25) is 6.43 Å². The molecule has 1 heterocycles. The van der Waals surface area contributed by atoms with Crippen LogP contribution >= 0.6 is 0 Å². The van der Waals surface area contributed by atoms with Crippen molar-refractivity contribution in [1.29, 1.82) is 0 Å². The molecule has 1 aliphatic rings. The molecule has 1 atom stereocenters. The molecule has 146 valence electrons. The van der Waals surface area contributed by atoms with Crippen LogP contribution in [0.4, 0.5) is 8.78 Å². The van der Waals surface area contributed by atoms with Gasteiger partial charge < -0.3 is 10.1 Å². The number of benzene rings is 2. The normalized spacial score (nSPS) is 16.5. The highest BCUT2D eigenvalue weighted by atomic mass is 19.3. The number of hydrogen-bond donors (Lipinski definition) is 1. The van der Waals surface area contributed by atoms with Crippen LogP contribution in [0.3, 0.4) is 0 Å². The van der Waals surface area contributed by atoms with E-state index in [1.54, 1.807) is 0 Å². The molecule has 0 unspecified atom stereocenters. The Labute approximate surface area is 160 Å². The summed E-state index contributed by atoms with van der Waals surface area (Å²) in [5.41, 5.74) is 4.06. The summed E-state index contributed by atoms with van der Waals surface area (Å²) in [6.45, 7) is 7.76. The molecular weight excluding hydrogens is 346 g/mol. The molecule has 1 N–H and O–H groups in total. The van der Waals surface area contributed by atoms with Gasteiger partial charge in [-0.2, -0.15) is 0 Å².